The van der Waals surface area contributed by atoms with E-state index in [4.69, 9.17) is 38.4 Å². The minimum atomic E-state index is -4.80. The molecule has 10 heterocycles. The van der Waals surface area contributed by atoms with Gasteiger partial charge in [-0.3, -0.25) is 24.7 Å². The van der Waals surface area contributed by atoms with Crippen molar-refractivity contribution in [1.29, 1.82) is 0 Å². The van der Waals surface area contributed by atoms with Crippen molar-refractivity contribution >= 4 is 61.2 Å². The molecule has 1 saturated carbocycles. The maximum Gasteiger partial charge on any atom is 0.300 e. The van der Waals surface area contributed by atoms with E-state index in [9.17, 15) is 23.3 Å². The zero-order chi connectivity index (χ0) is 57.7. The second-order valence-corrected chi connectivity index (χ2v) is 25.1. The molecule has 0 bridgehead atoms. The number of morpholine rings is 1. The fourth-order valence-electron chi connectivity index (χ4n) is 13.6. The number of nitro groups is 1. The number of piperazine rings is 1. The molecule has 7 aliphatic rings. The standard InChI is InChI=1S/C60H72N12O11S/c1-38(2)83-51-7-5-4-6-44(51)50-36-67(35-39-28-52(78-3)56(62-34-39)69-20-25-80-26-21-69)18-19-70(50)43-32-60(33-43)13-16-68(17-14-60)42-8-9-45(47(30-42)71-22-27-81-58-49(71)29-41-10-15-61-55(41)65-58)57(73)66-84(76,77)53-31-48(72(74)75)54-59(64-53)82-37-46(63-54)40-11-23-79-24-12-40/h4-10,15,28-31,34,38,40,43,46,50,63H,11-14,16-27,32-33,35-37H2,1-3H3,(H,61,65)(H,66,73)/t46-,50-/m0/s1. The Labute approximate surface area is 488 Å². The summed E-state index contributed by atoms with van der Waals surface area (Å²) in [6, 6.07) is 21.1. The number of nitrogens with one attached hydrogen (secondary N) is 3. The Bertz CT molecular complexity index is 3540. The van der Waals surface area contributed by atoms with Crippen molar-refractivity contribution in [3.8, 4) is 23.3 Å². The van der Waals surface area contributed by atoms with Gasteiger partial charge in [-0.05, 0) is 112 Å². The summed E-state index contributed by atoms with van der Waals surface area (Å²) in [5.41, 5.74) is 4.62. The highest BCUT2D eigenvalue weighted by Crippen LogP contribution is 2.54. The highest BCUT2D eigenvalue weighted by Gasteiger charge is 2.50. The minimum Gasteiger partial charge on any atom is -0.493 e. The number of pyridine rings is 3. The van der Waals surface area contributed by atoms with Gasteiger partial charge in [-0.1, -0.05) is 18.2 Å². The molecule has 24 heteroatoms. The first-order valence-corrected chi connectivity index (χ1v) is 30.9. The molecule has 2 atom stereocenters. The van der Waals surface area contributed by atoms with Crippen molar-refractivity contribution in [2.45, 2.75) is 88.2 Å². The average molecular weight is 1170 g/mol. The molecule has 4 saturated heterocycles. The third-order valence-electron chi connectivity index (χ3n) is 18.0. The van der Waals surface area contributed by atoms with E-state index in [1.54, 1.807) is 19.4 Å². The van der Waals surface area contributed by atoms with E-state index >= 15 is 0 Å². The van der Waals surface area contributed by atoms with Crippen LogP contribution in [0.2, 0.25) is 0 Å². The van der Waals surface area contributed by atoms with E-state index in [0.717, 1.165) is 131 Å². The van der Waals surface area contributed by atoms with Crippen molar-refractivity contribution in [2.75, 3.05) is 119 Å². The lowest BCUT2D eigenvalue weighted by molar-refractivity contribution is -0.384. The van der Waals surface area contributed by atoms with Gasteiger partial charge >= 0.3 is 5.69 Å². The number of benzene rings is 2. The van der Waals surface area contributed by atoms with E-state index in [1.807, 2.05) is 35.4 Å². The molecule has 0 radical (unpaired) electrons. The molecule has 1 aliphatic carbocycles. The second kappa shape index (κ2) is 23.2. The van der Waals surface area contributed by atoms with Gasteiger partial charge in [0.15, 0.2) is 22.3 Å². The largest absolute Gasteiger partial charge is 0.493 e. The zero-order valence-electron chi connectivity index (χ0n) is 47.7. The van der Waals surface area contributed by atoms with E-state index < -0.39 is 31.6 Å². The number of carbonyl (C=O) groups excluding carboxylic acids is 1. The fourth-order valence-corrected chi connectivity index (χ4v) is 14.6. The summed E-state index contributed by atoms with van der Waals surface area (Å²) in [5.74, 6) is 1.91. The molecule has 6 aromatic rings. The molecule has 444 valence electrons. The van der Waals surface area contributed by atoms with Gasteiger partial charge in [-0.15, -0.1) is 0 Å². The lowest BCUT2D eigenvalue weighted by Gasteiger charge is -2.58. The monoisotopic (exact) mass is 1170 g/mol. The molecule has 2 aromatic carbocycles. The predicted octanol–water partition coefficient (Wildman–Crippen LogP) is 7.45. The smallest absolute Gasteiger partial charge is 0.300 e. The number of ether oxygens (including phenoxy) is 6. The number of nitrogens with zero attached hydrogens (tertiary/aromatic N) is 9. The molecular weight excluding hydrogens is 1100 g/mol. The van der Waals surface area contributed by atoms with E-state index in [0.29, 0.717) is 61.9 Å². The number of sulfonamides is 1. The van der Waals surface area contributed by atoms with Crippen LogP contribution in [-0.4, -0.2) is 166 Å². The number of amides is 1. The Morgan fingerprint density at radius 3 is 2.45 bits per heavy atom. The quantitative estimate of drug-likeness (QED) is 0.0667. The first-order valence-electron chi connectivity index (χ1n) is 29.4. The van der Waals surface area contributed by atoms with Crippen molar-refractivity contribution in [1.82, 2.24) is 34.5 Å². The van der Waals surface area contributed by atoms with Crippen LogP contribution in [-0.2, 0) is 26.0 Å². The molecule has 1 spiro atoms. The van der Waals surface area contributed by atoms with Crippen LogP contribution in [0.5, 0.6) is 23.3 Å². The molecule has 4 aromatic heterocycles. The van der Waals surface area contributed by atoms with Crippen LogP contribution in [0, 0.1) is 21.4 Å². The number of hydrogen-bond donors (Lipinski definition) is 3. The van der Waals surface area contributed by atoms with E-state index in [1.165, 1.54) is 5.56 Å². The average Bonchev–Trinajstić information content (AvgIpc) is 1.47. The molecular formula is C60H72N12O11S. The number of aromatic amines is 1. The number of para-hydroxylation sites is 1. The molecule has 1 amide bonds. The van der Waals surface area contributed by atoms with Crippen LogP contribution in [0.15, 0.2) is 84.1 Å². The first-order chi connectivity index (χ1) is 40.8. The summed E-state index contributed by atoms with van der Waals surface area (Å²) in [6.45, 7) is 13.9. The molecule has 13 rings (SSSR count). The maximum absolute atomic E-state index is 14.6. The van der Waals surface area contributed by atoms with Crippen LogP contribution in [0.25, 0.3) is 11.0 Å². The maximum atomic E-state index is 14.6. The van der Waals surface area contributed by atoms with Gasteiger partial charge in [-0.2, -0.15) is 18.4 Å². The third-order valence-corrected chi connectivity index (χ3v) is 19.2. The summed E-state index contributed by atoms with van der Waals surface area (Å²) in [7, 11) is -3.08. The van der Waals surface area contributed by atoms with Crippen LogP contribution in [0.1, 0.15) is 79.9 Å². The SMILES string of the molecule is COc1cc(CN2CCN(C3CC4(CCN(c5ccc(C(=O)NS(=O)(=O)c6cc([N+](=O)[O-])c7c(n6)OC[C@@H](C6CCOCC6)N7)c(N6CCOc7nc8[nH]ccc8cc76)c5)CC4)C3)[C@H](c3ccccc3OC(C)C)C2)cnc1N1CCOCC1. The van der Waals surface area contributed by atoms with E-state index in [2.05, 4.69) is 83.8 Å². The molecule has 5 fully saturated rings. The van der Waals surface area contributed by atoms with Gasteiger partial charge in [0.25, 0.3) is 15.9 Å². The number of carbonyl (C=O) groups is 1. The van der Waals surface area contributed by atoms with Crippen LogP contribution in [0.3, 0.4) is 0 Å². The van der Waals surface area contributed by atoms with E-state index in [-0.39, 0.29) is 59.9 Å². The number of H-pyrrole nitrogens is 1. The molecule has 3 N–H and O–H groups in total. The molecule has 84 heavy (non-hydrogen) atoms. The fraction of sp³-hybridized carbons (Fsp3) is 0.500. The van der Waals surface area contributed by atoms with Crippen LogP contribution < -0.4 is 43.7 Å². The summed E-state index contributed by atoms with van der Waals surface area (Å²) < 4.78 is 66.2. The van der Waals surface area contributed by atoms with Crippen LogP contribution in [0.4, 0.5) is 34.3 Å². The summed E-state index contributed by atoms with van der Waals surface area (Å²) in [6.07, 6.45) is 9.44. The summed E-state index contributed by atoms with van der Waals surface area (Å²) in [4.78, 5) is 55.3. The number of piperidine rings is 1. The first kappa shape index (κ1) is 55.7. The van der Waals surface area contributed by atoms with Gasteiger partial charge in [0, 0.05) is 101 Å². The second-order valence-electron chi connectivity index (χ2n) is 23.5. The van der Waals surface area contributed by atoms with Gasteiger partial charge in [0.1, 0.15) is 30.3 Å². The number of rotatable bonds is 15. The Hall–Kier alpha value is -7.51. The van der Waals surface area contributed by atoms with Gasteiger partial charge in [-0.25, -0.2) is 9.71 Å². The van der Waals surface area contributed by atoms with Crippen molar-refractivity contribution in [3.63, 3.8) is 0 Å². The molecule has 23 nitrogen and oxygen atoms in total. The zero-order valence-corrected chi connectivity index (χ0v) is 48.5. The van der Waals surface area contributed by atoms with Crippen molar-refractivity contribution in [2.24, 2.45) is 11.3 Å². The number of anilines is 5. The lowest BCUT2D eigenvalue weighted by Crippen LogP contribution is -2.59. The highest BCUT2D eigenvalue weighted by atomic mass is 32.2. The summed E-state index contributed by atoms with van der Waals surface area (Å²) in [5, 5.41) is 15.8. The Balaban J connectivity index is 0.730. The predicted molar refractivity (Wildman–Crippen MR) is 315 cm³/mol. The lowest BCUT2D eigenvalue weighted by atomic mass is 9.59. The highest BCUT2D eigenvalue weighted by molar-refractivity contribution is 7.90. The van der Waals surface area contributed by atoms with Crippen molar-refractivity contribution in [3.05, 3.63) is 106 Å². The number of hydrogen-bond acceptors (Lipinski definition) is 20. The van der Waals surface area contributed by atoms with Gasteiger partial charge in [0.2, 0.25) is 11.8 Å². The third kappa shape index (κ3) is 11.1. The Kier molecular flexibility index (Phi) is 15.3. The normalized spacial score (nSPS) is 21.5. The summed E-state index contributed by atoms with van der Waals surface area (Å²) >= 11 is 0. The number of fused-ring (bicyclic) bond motifs is 3. The van der Waals surface area contributed by atoms with Crippen molar-refractivity contribution < 1.29 is 46.6 Å². The molecule has 0 unspecified atom stereocenters. The van der Waals surface area contributed by atoms with Gasteiger partial charge in [0.05, 0.1) is 67.3 Å². The van der Waals surface area contributed by atoms with Gasteiger partial charge < -0.3 is 53.4 Å². The minimum absolute atomic E-state index is 0.00186. The Morgan fingerprint density at radius 1 is 0.869 bits per heavy atom. The Morgan fingerprint density at radius 2 is 1.67 bits per heavy atom. The molecule has 6 aliphatic heterocycles. The number of methoxy groups -OCH3 is 1. The number of aromatic nitrogens is 4. The van der Waals surface area contributed by atoms with Crippen LogP contribution >= 0.6 is 0 Å². The topological polar surface area (TPSA) is 244 Å².